The van der Waals surface area contributed by atoms with Crippen molar-refractivity contribution >= 4 is 39.7 Å². The van der Waals surface area contributed by atoms with Crippen molar-refractivity contribution in [3.63, 3.8) is 0 Å². The van der Waals surface area contributed by atoms with E-state index in [1.807, 2.05) is 42.6 Å². The highest BCUT2D eigenvalue weighted by Crippen LogP contribution is 2.41. The van der Waals surface area contributed by atoms with E-state index in [9.17, 15) is 0 Å². The predicted octanol–water partition coefficient (Wildman–Crippen LogP) is 6.72. The quantitative estimate of drug-likeness (QED) is 0.282. The predicted molar refractivity (Wildman–Crippen MR) is 150 cm³/mol. The van der Waals surface area contributed by atoms with E-state index in [-0.39, 0.29) is 6.17 Å². The number of fused-ring (bicyclic) bond motifs is 1. The van der Waals surface area contributed by atoms with Crippen LogP contribution in [0.15, 0.2) is 97.6 Å². The summed E-state index contributed by atoms with van der Waals surface area (Å²) in [6, 6.07) is 24.8. The lowest BCUT2D eigenvalue weighted by molar-refractivity contribution is 0.327. The summed E-state index contributed by atoms with van der Waals surface area (Å²) in [6.07, 6.45) is 11.8. The normalized spacial score (nSPS) is 17.9. The summed E-state index contributed by atoms with van der Waals surface area (Å²) in [7, 11) is 0. The van der Waals surface area contributed by atoms with Gasteiger partial charge in [-0.2, -0.15) is 0 Å². The van der Waals surface area contributed by atoms with Crippen LogP contribution in [-0.4, -0.2) is 30.5 Å². The molecule has 6 rings (SSSR count). The van der Waals surface area contributed by atoms with Crippen LogP contribution in [0.5, 0.6) is 0 Å². The molecule has 1 aliphatic rings. The minimum absolute atomic E-state index is 0.189. The number of anilines is 2. The molecule has 1 N–H and O–H groups in total. The first-order valence-electron chi connectivity index (χ1n) is 12.4. The van der Waals surface area contributed by atoms with Gasteiger partial charge in [0.15, 0.2) is 10.9 Å². The number of nitrogens with one attached hydrogen (secondary N) is 1. The van der Waals surface area contributed by atoms with Crippen LogP contribution in [0.2, 0.25) is 0 Å². The zero-order chi connectivity index (χ0) is 24.5. The number of benzene rings is 2. The smallest absolute Gasteiger partial charge is 0.198 e. The van der Waals surface area contributed by atoms with Gasteiger partial charge >= 0.3 is 0 Å². The van der Waals surface area contributed by atoms with E-state index in [0.717, 1.165) is 46.4 Å². The molecule has 180 valence electrons. The van der Waals surface area contributed by atoms with E-state index >= 15 is 0 Å². The van der Waals surface area contributed by atoms with Crippen LogP contribution in [0.4, 0.5) is 11.5 Å². The van der Waals surface area contributed by atoms with Crippen molar-refractivity contribution in [1.29, 1.82) is 0 Å². The van der Waals surface area contributed by atoms with Crippen molar-refractivity contribution in [2.24, 2.45) is 0 Å². The molecule has 2 unspecified atom stereocenters. The average molecular weight is 493 g/mol. The third kappa shape index (κ3) is 4.16. The molecule has 3 aromatic heterocycles. The summed E-state index contributed by atoms with van der Waals surface area (Å²) in [5.41, 5.74) is 4.06. The first kappa shape index (κ1) is 22.5. The molecule has 0 aliphatic carbocycles. The van der Waals surface area contributed by atoms with Crippen LogP contribution in [0, 0.1) is 0 Å². The molecule has 1 aliphatic heterocycles. The molecule has 4 heterocycles. The minimum Gasteiger partial charge on any atom is -0.334 e. The molecule has 2 aromatic carbocycles. The number of thiocarbonyl (C=S) groups is 1. The maximum atomic E-state index is 5.81. The van der Waals surface area contributed by atoms with Crippen molar-refractivity contribution in [2.75, 3.05) is 10.2 Å². The zero-order valence-corrected chi connectivity index (χ0v) is 21.0. The van der Waals surface area contributed by atoms with Gasteiger partial charge in [0.1, 0.15) is 6.17 Å². The maximum absolute atomic E-state index is 5.81. The number of pyridine rings is 1. The van der Waals surface area contributed by atoms with Gasteiger partial charge in [-0.05, 0) is 80.4 Å². The zero-order valence-electron chi connectivity index (χ0n) is 20.2. The lowest BCUT2D eigenvalue weighted by Crippen LogP contribution is -2.43. The number of nitrogens with zero attached hydrogens (tertiary/aromatic N) is 5. The van der Waals surface area contributed by atoms with Gasteiger partial charge in [0.2, 0.25) is 0 Å². The monoisotopic (exact) mass is 492 g/mol. The van der Waals surface area contributed by atoms with Crippen LogP contribution >= 0.6 is 12.2 Å². The topological polar surface area (TPSA) is 50.9 Å². The second kappa shape index (κ2) is 9.59. The van der Waals surface area contributed by atoms with Crippen LogP contribution in [0.3, 0.4) is 0 Å². The summed E-state index contributed by atoms with van der Waals surface area (Å²) < 4.78 is 4.10. The highest BCUT2D eigenvalue weighted by molar-refractivity contribution is 7.80. The standard InChI is InChI=1S/C29H28N6S/c1-21-10-9-15-27(33-18-7-8-19-33)35(21)28-25(23-16-17-30-26-14-6-5-13-24(23)26)20-34(32-28)29(36)31-22-11-3-2-4-12-22/h2-8,11-14,16-21,27H,9-10,15H2,1H3,(H,31,36). The van der Waals surface area contributed by atoms with Gasteiger partial charge in [0, 0.05) is 47.5 Å². The Bertz CT molecular complexity index is 1490. The summed E-state index contributed by atoms with van der Waals surface area (Å²) in [5.74, 6) is 0.939. The van der Waals surface area contributed by atoms with Crippen molar-refractivity contribution in [3.8, 4) is 11.1 Å². The van der Waals surface area contributed by atoms with Gasteiger partial charge in [-0.15, -0.1) is 5.10 Å². The molecular formula is C29H28N6S. The third-order valence-corrected chi connectivity index (χ3v) is 7.25. The van der Waals surface area contributed by atoms with Gasteiger partial charge in [-0.25, -0.2) is 4.68 Å². The Morgan fingerprint density at radius 2 is 1.69 bits per heavy atom. The summed E-state index contributed by atoms with van der Waals surface area (Å²) in [4.78, 5) is 7.06. The largest absolute Gasteiger partial charge is 0.334 e. The van der Waals surface area contributed by atoms with Crippen LogP contribution in [-0.2, 0) is 0 Å². The second-order valence-electron chi connectivity index (χ2n) is 9.28. The lowest BCUT2D eigenvalue weighted by Gasteiger charge is -2.42. The van der Waals surface area contributed by atoms with Gasteiger partial charge in [-0.1, -0.05) is 36.4 Å². The SMILES string of the molecule is CC1CCCC(n2cccc2)N1c1nn(C(=S)Nc2ccccc2)cc1-c1ccnc2ccccc12. The number of hydrogen-bond donors (Lipinski definition) is 1. The Kier molecular flexibility index (Phi) is 5.99. The van der Waals surface area contributed by atoms with E-state index in [4.69, 9.17) is 17.3 Å². The molecule has 0 bridgehead atoms. The molecule has 0 saturated carbocycles. The second-order valence-corrected chi connectivity index (χ2v) is 9.67. The fourth-order valence-electron chi connectivity index (χ4n) is 5.24. The maximum Gasteiger partial charge on any atom is 0.198 e. The number of piperidine rings is 1. The van der Waals surface area contributed by atoms with E-state index < -0.39 is 0 Å². The number of aromatic nitrogens is 4. The Hall–Kier alpha value is -3.97. The summed E-state index contributed by atoms with van der Waals surface area (Å²) >= 11 is 5.81. The molecule has 0 radical (unpaired) electrons. The van der Waals surface area contributed by atoms with Crippen LogP contribution in [0.1, 0.15) is 32.4 Å². The molecule has 0 amide bonds. The van der Waals surface area contributed by atoms with Crippen molar-refractivity contribution in [3.05, 3.63) is 97.6 Å². The van der Waals surface area contributed by atoms with E-state index in [0.29, 0.717) is 11.2 Å². The van der Waals surface area contributed by atoms with Crippen molar-refractivity contribution in [2.45, 2.75) is 38.4 Å². The number of rotatable bonds is 4. The lowest BCUT2D eigenvalue weighted by atomic mass is 9.98. The third-order valence-electron chi connectivity index (χ3n) is 6.96. The first-order chi connectivity index (χ1) is 17.7. The van der Waals surface area contributed by atoms with Crippen molar-refractivity contribution < 1.29 is 0 Å². The number of hydrogen-bond acceptors (Lipinski definition) is 4. The van der Waals surface area contributed by atoms with Gasteiger partial charge in [-0.3, -0.25) is 4.98 Å². The molecule has 2 atom stereocenters. The van der Waals surface area contributed by atoms with Gasteiger partial charge in [0.25, 0.3) is 0 Å². The highest BCUT2D eigenvalue weighted by atomic mass is 32.1. The number of para-hydroxylation sites is 2. The minimum atomic E-state index is 0.189. The van der Waals surface area contributed by atoms with Gasteiger partial charge < -0.3 is 14.8 Å². The molecule has 36 heavy (non-hydrogen) atoms. The van der Waals surface area contributed by atoms with Crippen molar-refractivity contribution in [1.82, 2.24) is 19.3 Å². The van der Waals surface area contributed by atoms with Crippen LogP contribution < -0.4 is 10.2 Å². The van der Waals surface area contributed by atoms with E-state index in [1.54, 1.807) is 4.68 Å². The fraction of sp³-hybridized carbons (Fsp3) is 0.207. The summed E-state index contributed by atoms with van der Waals surface area (Å²) in [6.45, 7) is 2.30. The van der Waals surface area contributed by atoms with E-state index in [2.05, 4.69) is 81.7 Å². The summed E-state index contributed by atoms with van der Waals surface area (Å²) in [5, 5.41) is 10.1. The highest BCUT2D eigenvalue weighted by Gasteiger charge is 2.33. The molecule has 7 heteroatoms. The molecule has 5 aromatic rings. The molecule has 1 fully saturated rings. The first-order valence-corrected chi connectivity index (χ1v) is 12.8. The van der Waals surface area contributed by atoms with Gasteiger partial charge in [0.05, 0.1) is 5.52 Å². The van der Waals surface area contributed by atoms with E-state index in [1.165, 1.54) is 6.42 Å². The molecule has 0 spiro atoms. The molecule has 1 saturated heterocycles. The Morgan fingerprint density at radius 3 is 2.53 bits per heavy atom. The fourth-order valence-corrected chi connectivity index (χ4v) is 5.45. The Labute approximate surface area is 216 Å². The molecular weight excluding hydrogens is 464 g/mol. The Morgan fingerprint density at radius 1 is 0.917 bits per heavy atom. The molecule has 6 nitrogen and oxygen atoms in total. The average Bonchev–Trinajstić information content (AvgIpc) is 3.60. The van der Waals surface area contributed by atoms with Crippen LogP contribution in [0.25, 0.3) is 22.0 Å². The Balaban J connectivity index is 1.50.